The van der Waals surface area contributed by atoms with Gasteiger partial charge in [0, 0.05) is 0 Å². The van der Waals surface area contributed by atoms with Gasteiger partial charge in [0.05, 0.1) is 45.2 Å². The number of ether oxygens (including phenoxy) is 2. The summed E-state index contributed by atoms with van der Waals surface area (Å²) in [5.41, 5.74) is 1.41. The topological polar surface area (TPSA) is 96.2 Å². The van der Waals surface area contributed by atoms with Crippen molar-refractivity contribution in [2.24, 2.45) is 0 Å². The molecule has 0 amide bonds. The van der Waals surface area contributed by atoms with E-state index in [2.05, 4.69) is 0 Å². The Balaban J connectivity index is 0.000000361. The Kier molecular flexibility index (Phi) is 11.6. The molecule has 0 radical (unpaired) electrons. The second-order valence-corrected chi connectivity index (χ2v) is 3.84. The maximum Gasteiger partial charge on any atom is 0.335 e. The number of aliphatic hydroxyl groups excluding tert-OH is 2. The van der Waals surface area contributed by atoms with Crippen molar-refractivity contribution in [3.8, 4) is 0 Å². The lowest BCUT2D eigenvalue weighted by Gasteiger charge is -2.01. The van der Waals surface area contributed by atoms with Crippen LogP contribution in [0.25, 0.3) is 0 Å². The van der Waals surface area contributed by atoms with Gasteiger partial charge in [0.2, 0.25) is 0 Å². The molecule has 0 aliphatic carbocycles. The lowest BCUT2D eigenvalue weighted by Crippen LogP contribution is -2.09. The molecule has 1 rings (SSSR count). The summed E-state index contributed by atoms with van der Waals surface area (Å²) in [7, 11) is 0. The molecule has 0 heterocycles. The Labute approximate surface area is 118 Å². The highest BCUT2D eigenvalue weighted by atomic mass is 16.5. The zero-order valence-electron chi connectivity index (χ0n) is 11.6. The highest BCUT2D eigenvalue weighted by molar-refractivity contribution is 5.87. The highest BCUT2D eigenvalue weighted by Crippen LogP contribution is 2.01. The maximum atomic E-state index is 10.3. The van der Waals surface area contributed by atoms with E-state index in [-0.39, 0.29) is 13.2 Å². The summed E-state index contributed by atoms with van der Waals surface area (Å²) in [6.45, 7) is 3.65. The number of hydrogen-bond acceptors (Lipinski definition) is 5. The van der Waals surface area contributed by atoms with Crippen LogP contribution >= 0.6 is 0 Å². The predicted molar refractivity (Wildman–Crippen MR) is 73.9 cm³/mol. The summed E-state index contributed by atoms with van der Waals surface area (Å²) >= 11 is 0. The van der Waals surface area contributed by atoms with E-state index in [1.807, 2.05) is 6.92 Å². The summed E-state index contributed by atoms with van der Waals surface area (Å²) in [5, 5.41) is 25.0. The lowest BCUT2D eigenvalue weighted by molar-refractivity contribution is 0.0222. The molecule has 0 spiro atoms. The Hall–Kier alpha value is -1.47. The van der Waals surface area contributed by atoms with E-state index in [0.717, 1.165) is 5.56 Å². The van der Waals surface area contributed by atoms with Crippen LogP contribution in [0.1, 0.15) is 15.9 Å². The van der Waals surface area contributed by atoms with Gasteiger partial charge in [-0.3, -0.25) is 0 Å². The van der Waals surface area contributed by atoms with Crippen molar-refractivity contribution < 1.29 is 29.6 Å². The van der Waals surface area contributed by atoms with Crippen molar-refractivity contribution in [1.82, 2.24) is 0 Å². The summed E-state index contributed by atoms with van der Waals surface area (Å²) in [4.78, 5) is 10.3. The van der Waals surface area contributed by atoms with E-state index in [1.54, 1.807) is 24.3 Å². The summed E-state index contributed by atoms with van der Waals surface area (Å²) in [6.07, 6.45) is 0. The molecule has 0 aliphatic heterocycles. The van der Waals surface area contributed by atoms with Gasteiger partial charge in [0.25, 0.3) is 0 Å². The van der Waals surface area contributed by atoms with Gasteiger partial charge in [0.1, 0.15) is 0 Å². The Bertz CT molecular complexity index is 341. The van der Waals surface area contributed by atoms with Crippen molar-refractivity contribution >= 4 is 5.97 Å². The Morgan fingerprint density at radius 3 is 1.75 bits per heavy atom. The van der Waals surface area contributed by atoms with Gasteiger partial charge >= 0.3 is 5.97 Å². The molecule has 0 bridgehead atoms. The van der Waals surface area contributed by atoms with E-state index in [4.69, 9.17) is 24.8 Å². The van der Waals surface area contributed by atoms with Crippen LogP contribution < -0.4 is 0 Å². The molecule has 0 aromatic heterocycles. The first-order chi connectivity index (χ1) is 9.61. The zero-order valence-corrected chi connectivity index (χ0v) is 11.6. The van der Waals surface area contributed by atoms with Gasteiger partial charge in [-0.15, -0.1) is 0 Å². The van der Waals surface area contributed by atoms with Crippen molar-refractivity contribution in [2.45, 2.75) is 6.92 Å². The number of aryl methyl sites for hydroxylation is 1. The van der Waals surface area contributed by atoms with Crippen LogP contribution in [-0.2, 0) is 9.47 Å². The third-order valence-corrected chi connectivity index (χ3v) is 2.14. The summed E-state index contributed by atoms with van der Waals surface area (Å²) in [6, 6.07) is 6.75. The standard InChI is InChI=1S/C8H8O2.C6H14O4/c1-6-2-4-7(5-3-6)8(9)10;7-1-3-9-5-6-10-4-2-8/h2-5H,1H3,(H,9,10);7-8H,1-6H2. The summed E-state index contributed by atoms with van der Waals surface area (Å²) < 4.78 is 9.75. The average molecular weight is 286 g/mol. The van der Waals surface area contributed by atoms with E-state index in [9.17, 15) is 4.79 Å². The average Bonchev–Trinajstić information content (AvgIpc) is 2.44. The molecule has 6 heteroatoms. The third-order valence-electron chi connectivity index (χ3n) is 2.14. The monoisotopic (exact) mass is 286 g/mol. The quantitative estimate of drug-likeness (QED) is 0.609. The number of benzene rings is 1. The predicted octanol–water partition coefficient (Wildman–Crippen LogP) is 0.697. The normalized spacial score (nSPS) is 9.75. The minimum Gasteiger partial charge on any atom is -0.478 e. The number of aromatic carboxylic acids is 1. The fourth-order valence-corrected chi connectivity index (χ4v) is 1.15. The van der Waals surface area contributed by atoms with E-state index >= 15 is 0 Å². The van der Waals surface area contributed by atoms with E-state index in [1.165, 1.54) is 0 Å². The molecule has 0 unspecified atom stereocenters. The van der Waals surface area contributed by atoms with Crippen LogP contribution in [-0.4, -0.2) is 60.9 Å². The van der Waals surface area contributed by atoms with Crippen molar-refractivity contribution in [3.63, 3.8) is 0 Å². The molecule has 3 N–H and O–H groups in total. The number of hydrogen-bond donors (Lipinski definition) is 3. The van der Waals surface area contributed by atoms with Gasteiger partial charge in [-0.1, -0.05) is 17.7 Å². The number of carboxylic acid groups (broad SMARTS) is 1. The van der Waals surface area contributed by atoms with Crippen LogP contribution in [0.15, 0.2) is 24.3 Å². The van der Waals surface area contributed by atoms with Gasteiger partial charge in [-0.2, -0.15) is 0 Å². The molecule has 0 saturated carbocycles. The fraction of sp³-hybridized carbons (Fsp3) is 0.500. The van der Waals surface area contributed by atoms with Crippen LogP contribution in [0.5, 0.6) is 0 Å². The molecule has 114 valence electrons. The van der Waals surface area contributed by atoms with E-state index in [0.29, 0.717) is 32.0 Å². The van der Waals surface area contributed by atoms with E-state index < -0.39 is 5.97 Å². The minimum absolute atomic E-state index is 0.0417. The molecule has 1 aromatic rings. The van der Waals surface area contributed by atoms with Crippen LogP contribution in [0, 0.1) is 6.92 Å². The van der Waals surface area contributed by atoms with Crippen molar-refractivity contribution in [1.29, 1.82) is 0 Å². The molecule has 1 aromatic carbocycles. The molecular weight excluding hydrogens is 264 g/mol. The van der Waals surface area contributed by atoms with Crippen LogP contribution in [0.2, 0.25) is 0 Å². The lowest BCUT2D eigenvalue weighted by atomic mass is 10.2. The molecule has 0 fully saturated rings. The molecule has 0 atom stereocenters. The second-order valence-electron chi connectivity index (χ2n) is 3.84. The Morgan fingerprint density at radius 2 is 1.40 bits per heavy atom. The number of carboxylic acids is 1. The first-order valence-electron chi connectivity index (χ1n) is 6.29. The van der Waals surface area contributed by atoms with Crippen molar-refractivity contribution in [3.05, 3.63) is 35.4 Å². The molecule has 20 heavy (non-hydrogen) atoms. The van der Waals surface area contributed by atoms with Gasteiger partial charge in [-0.25, -0.2) is 4.79 Å². The maximum absolute atomic E-state index is 10.3. The van der Waals surface area contributed by atoms with Crippen LogP contribution in [0.3, 0.4) is 0 Å². The number of rotatable bonds is 8. The van der Waals surface area contributed by atoms with Crippen LogP contribution in [0.4, 0.5) is 0 Å². The molecule has 0 aliphatic rings. The first kappa shape index (κ1) is 18.5. The highest BCUT2D eigenvalue weighted by Gasteiger charge is 1.98. The fourth-order valence-electron chi connectivity index (χ4n) is 1.15. The number of aliphatic hydroxyl groups is 2. The zero-order chi connectivity index (χ0) is 15.2. The molecular formula is C14H22O6. The first-order valence-corrected chi connectivity index (χ1v) is 6.29. The summed E-state index contributed by atoms with van der Waals surface area (Å²) in [5.74, 6) is -0.875. The second kappa shape index (κ2) is 12.6. The van der Waals surface area contributed by atoms with Gasteiger partial charge in [0.15, 0.2) is 0 Å². The Morgan fingerprint density at radius 1 is 0.950 bits per heavy atom. The molecule has 6 nitrogen and oxygen atoms in total. The largest absolute Gasteiger partial charge is 0.478 e. The van der Waals surface area contributed by atoms with Gasteiger partial charge in [-0.05, 0) is 19.1 Å². The third kappa shape index (κ3) is 10.5. The smallest absolute Gasteiger partial charge is 0.335 e. The van der Waals surface area contributed by atoms with Crippen molar-refractivity contribution in [2.75, 3.05) is 39.6 Å². The SMILES string of the molecule is Cc1ccc(C(=O)O)cc1.OCCOCCOCCO. The minimum atomic E-state index is -0.875. The van der Waals surface area contributed by atoms with Gasteiger partial charge < -0.3 is 24.8 Å². The number of carbonyl (C=O) groups is 1. The molecule has 0 saturated heterocycles.